The van der Waals surface area contributed by atoms with Crippen LogP contribution in [0.2, 0.25) is 0 Å². The zero-order valence-electron chi connectivity index (χ0n) is 17.4. The summed E-state index contributed by atoms with van der Waals surface area (Å²) in [6.45, 7) is 2.35. The van der Waals surface area contributed by atoms with Crippen molar-refractivity contribution in [3.8, 4) is 22.4 Å². The molecular weight excluding hydrogens is 392 g/mol. The summed E-state index contributed by atoms with van der Waals surface area (Å²) >= 11 is 0. The van der Waals surface area contributed by atoms with Crippen molar-refractivity contribution in [2.45, 2.75) is 32.4 Å². The lowest BCUT2D eigenvalue weighted by molar-refractivity contribution is -0.136. The molecule has 7 heteroatoms. The number of amides is 3. The Bertz CT molecular complexity index is 1230. The topological polar surface area (TPSA) is 84.3 Å². The Labute approximate surface area is 179 Å². The van der Waals surface area contributed by atoms with Gasteiger partial charge in [-0.15, -0.1) is 0 Å². The molecule has 0 saturated carbocycles. The standard InChI is InChI=1S/C24H22N4O3/c1-14-21(15-6-4-3-5-7-15)22(27(2)26-14)16-8-9-18-17(12-16)13-28(24(18)31)19-10-11-20(29)25-23(19)30/h3-9,12,19H,10-11,13H2,1-2H3,(H,25,29,30). The van der Waals surface area contributed by atoms with Gasteiger partial charge in [-0.05, 0) is 36.6 Å². The summed E-state index contributed by atoms with van der Waals surface area (Å²) in [5, 5.41) is 6.98. The number of fused-ring (bicyclic) bond motifs is 1. The Kier molecular flexibility index (Phi) is 4.46. The lowest BCUT2D eigenvalue weighted by Crippen LogP contribution is -2.52. The number of aryl methyl sites for hydroxylation is 2. The number of aromatic nitrogens is 2. The molecule has 156 valence electrons. The predicted octanol–water partition coefficient (Wildman–Crippen LogP) is 2.82. The second kappa shape index (κ2) is 7.19. The average Bonchev–Trinajstić information content (AvgIpc) is 3.23. The molecule has 5 rings (SSSR count). The van der Waals surface area contributed by atoms with Crippen molar-refractivity contribution in [3.05, 3.63) is 65.4 Å². The molecule has 0 aliphatic carbocycles. The van der Waals surface area contributed by atoms with Crippen LogP contribution in [0.25, 0.3) is 22.4 Å². The average molecular weight is 414 g/mol. The smallest absolute Gasteiger partial charge is 0.255 e. The van der Waals surface area contributed by atoms with Crippen molar-refractivity contribution in [2.24, 2.45) is 7.05 Å². The molecular formula is C24H22N4O3. The molecule has 1 aromatic heterocycles. The molecule has 0 spiro atoms. The first-order chi connectivity index (χ1) is 14.9. The van der Waals surface area contributed by atoms with Gasteiger partial charge in [-0.25, -0.2) is 0 Å². The first kappa shape index (κ1) is 19.2. The predicted molar refractivity (Wildman–Crippen MR) is 115 cm³/mol. The highest BCUT2D eigenvalue weighted by Crippen LogP contribution is 2.37. The van der Waals surface area contributed by atoms with Crippen LogP contribution >= 0.6 is 0 Å². The van der Waals surface area contributed by atoms with Gasteiger partial charge in [-0.1, -0.05) is 36.4 Å². The highest BCUT2D eigenvalue weighted by atomic mass is 16.2. The van der Waals surface area contributed by atoms with Crippen LogP contribution in [0.1, 0.15) is 34.5 Å². The van der Waals surface area contributed by atoms with Crippen molar-refractivity contribution in [1.82, 2.24) is 20.0 Å². The first-order valence-corrected chi connectivity index (χ1v) is 10.3. The maximum absolute atomic E-state index is 13.0. The third kappa shape index (κ3) is 3.13. The van der Waals surface area contributed by atoms with Crippen LogP contribution in [0.3, 0.4) is 0 Å². The summed E-state index contributed by atoms with van der Waals surface area (Å²) in [5.41, 5.74) is 6.53. The van der Waals surface area contributed by atoms with Gasteiger partial charge in [0.1, 0.15) is 6.04 Å². The van der Waals surface area contributed by atoms with Crippen LogP contribution in [-0.2, 0) is 23.2 Å². The van der Waals surface area contributed by atoms with Gasteiger partial charge in [0.15, 0.2) is 0 Å². The van der Waals surface area contributed by atoms with E-state index in [1.807, 2.05) is 55.1 Å². The molecule has 2 aliphatic heterocycles. The number of benzene rings is 2. The molecule has 0 radical (unpaired) electrons. The molecule has 1 unspecified atom stereocenters. The van der Waals surface area contributed by atoms with Crippen LogP contribution in [0, 0.1) is 6.92 Å². The van der Waals surface area contributed by atoms with E-state index in [9.17, 15) is 14.4 Å². The SMILES string of the molecule is Cc1nn(C)c(-c2ccc3c(c2)CN(C2CCC(=O)NC2=O)C3=O)c1-c1ccccc1. The number of carbonyl (C=O) groups is 3. The molecule has 1 atom stereocenters. The summed E-state index contributed by atoms with van der Waals surface area (Å²) in [6, 6.07) is 15.3. The summed E-state index contributed by atoms with van der Waals surface area (Å²) in [5.74, 6) is -0.848. The molecule has 1 N–H and O–H groups in total. The minimum atomic E-state index is -0.611. The Hall–Kier alpha value is -3.74. The highest BCUT2D eigenvalue weighted by molar-refractivity contribution is 6.05. The second-order valence-corrected chi connectivity index (χ2v) is 8.07. The Morgan fingerprint density at radius 3 is 2.55 bits per heavy atom. The van der Waals surface area contributed by atoms with Gasteiger partial charge in [-0.2, -0.15) is 5.10 Å². The maximum atomic E-state index is 13.0. The van der Waals surface area contributed by atoms with Crippen molar-refractivity contribution < 1.29 is 14.4 Å². The minimum absolute atomic E-state index is 0.166. The lowest BCUT2D eigenvalue weighted by Gasteiger charge is -2.29. The van der Waals surface area contributed by atoms with Crippen molar-refractivity contribution in [3.63, 3.8) is 0 Å². The van der Waals surface area contributed by atoms with E-state index in [1.165, 1.54) is 0 Å². The number of hydrogen-bond acceptors (Lipinski definition) is 4. The second-order valence-electron chi connectivity index (χ2n) is 8.07. The summed E-state index contributed by atoms with van der Waals surface area (Å²) in [4.78, 5) is 38.3. The zero-order valence-corrected chi connectivity index (χ0v) is 17.4. The fourth-order valence-electron chi connectivity index (χ4n) is 4.66. The minimum Gasteiger partial charge on any atom is -0.322 e. The van der Waals surface area contributed by atoms with E-state index in [2.05, 4.69) is 22.5 Å². The van der Waals surface area contributed by atoms with Crippen molar-refractivity contribution in [1.29, 1.82) is 0 Å². The molecule has 3 aromatic rings. The number of imide groups is 1. The van der Waals surface area contributed by atoms with Gasteiger partial charge >= 0.3 is 0 Å². The molecule has 3 heterocycles. The van der Waals surface area contributed by atoms with Gasteiger partial charge in [0, 0.05) is 36.7 Å². The third-order valence-electron chi connectivity index (χ3n) is 6.08. The lowest BCUT2D eigenvalue weighted by atomic mass is 9.97. The molecule has 0 bridgehead atoms. The van der Waals surface area contributed by atoms with E-state index in [0.717, 1.165) is 33.6 Å². The Balaban J connectivity index is 1.53. The molecule has 1 saturated heterocycles. The van der Waals surface area contributed by atoms with Crippen LogP contribution in [0.15, 0.2) is 48.5 Å². The van der Waals surface area contributed by atoms with E-state index < -0.39 is 11.9 Å². The maximum Gasteiger partial charge on any atom is 0.255 e. The van der Waals surface area contributed by atoms with Gasteiger partial charge in [0.25, 0.3) is 5.91 Å². The monoisotopic (exact) mass is 414 g/mol. The summed E-state index contributed by atoms with van der Waals surface area (Å²) < 4.78 is 1.87. The highest BCUT2D eigenvalue weighted by Gasteiger charge is 2.39. The van der Waals surface area contributed by atoms with Gasteiger partial charge in [-0.3, -0.25) is 24.4 Å². The fourth-order valence-corrected chi connectivity index (χ4v) is 4.66. The zero-order chi connectivity index (χ0) is 21.7. The molecule has 2 aliphatic rings. The molecule has 3 amide bonds. The number of nitrogens with one attached hydrogen (secondary N) is 1. The first-order valence-electron chi connectivity index (χ1n) is 10.3. The van der Waals surface area contributed by atoms with E-state index in [0.29, 0.717) is 18.5 Å². The van der Waals surface area contributed by atoms with Crippen LogP contribution in [-0.4, -0.2) is 38.4 Å². The van der Waals surface area contributed by atoms with Gasteiger partial charge in [0.05, 0.1) is 11.4 Å². The van der Waals surface area contributed by atoms with Gasteiger partial charge < -0.3 is 4.90 Å². The Morgan fingerprint density at radius 1 is 1.03 bits per heavy atom. The number of nitrogens with zero attached hydrogens (tertiary/aromatic N) is 3. The normalized spacial score (nSPS) is 18.3. The van der Waals surface area contributed by atoms with Crippen LogP contribution in [0.5, 0.6) is 0 Å². The number of carbonyl (C=O) groups excluding carboxylic acids is 3. The van der Waals surface area contributed by atoms with Crippen LogP contribution < -0.4 is 5.32 Å². The van der Waals surface area contributed by atoms with E-state index in [-0.39, 0.29) is 18.2 Å². The number of hydrogen-bond donors (Lipinski definition) is 1. The largest absolute Gasteiger partial charge is 0.322 e. The number of rotatable bonds is 3. The summed E-state index contributed by atoms with van der Waals surface area (Å²) in [6.07, 6.45) is 0.604. The molecule has 7 nitrogen and oxygen atoms in total. The van der Waals surface area contributed by atoms with Gasteiger partial charge in [0.2, 0.25) is 11.8 Å². The molecule has 2 aromatic carbocycles. The fraction of sp³-hybridized carbons (Fsp3) is 0.250. The quantitative estimate of drug-likeness (QED) is 0.668. The van der Waals surface area contributed by atoms with Crippen molar-refractivity contribution >= 4 is 17.7 Å². The molecule has 1 fully saturated rings. The van der Waals surface area contributed by atoms with E-state index in [4.69, 9.17) is 0 Å². The van der Waals surface area contributed by atoms with Crippen LogP contribution in [0.4, 0.5) is 0 Å². The van der Waals surface area contributed by atoms with Crippen molar-refractivity contribution in [2.75, 3.05) is 0 Å². The van der Waals surface area contributed by atoms with E-state index >= 15 is 0 Å². The third-order valence-corrected chi connectivity index (χ3v) is 6.08. The molecule has 31 heavy (non-hydrogen) atoms. The Morgan fingerprint density at radius 2 is 1.81 bits per heavy atom. The number of piperidine rings is 1. The van der Waals surface area contributed by atoms with E-state index in [1.54, 1.807) is 4.90 Å². The summed E-state index contributed by atoms with van der Waals surface area (Å²) in [7, 11) is 1.92.